The molecule has 94 valence electrons. The first-order valence-corrected chi connectivity index (χ1v) is 7.64. The van der Waals surface area contributed by atoms with Gasteiger partial charge in [0.2, 0.25) is 0 Å². The van der Waals surface area contributed by atoms with Gasteiger partial charge in [-0.25, -0.2) is 0 Å². The van der Waals surface area contributed by atoms with E-state index in [0.717, 1.165) is 18.0 Å². The van der Waals surface area contributed by atoms with E-state index < -0.39 is 0 Å². The second-order valence-electron chi connectivity index (χ2n) is 5.98. The molecule has 1 heteroatoms. The van der Waals surface area contributed by atoms with E-state index in [1.165, 1.54) is 70.6 Å². The standard InChI is InChI=1S/C15H29N/c1-2-14(16-15-9-5-6-10-15)12-11-13-7-3-4-8-13/h13-16H,2-12H2,1H3. The predicted molar refractivity (Wildman–Crippen MR) is 70.7 cm³/mol. The van der Waals surface area contributed by atoms with E-state index in [0.29, 0.717) is 0 Å². The molecule has 2 aliphatic carbocycles. The largest absolute Gasteiger partial charge is 0.311 e. The molecule has 0 aromatic rings. The molecule has 0 heterocycles. The highest BCUT2D eigenvalue weighted by atomic mass is 14.9. The van der Waals surface area contributed by atoms with Crippen molar-refractivity contribution in [1.82, 2.24) is 5.32 Å². The van der Waals surface area contributed by atoms with Crippen molar-refractivity contribution in [3.05, 3.63) is 0 Å². The Bertz CT molecular complexity index is 178. The lowest BCUT2D eigenvalue weighted by Crippen LogP contribution is -2.36. The van der Waals surface area contributed by atoms with Crippen LogP contribution in [0.5, 0.6) is 0 Å². The Morgan fingerprint density at radius 3 is 2.25 bits per heavy atom. The van der Waals surface area contributed by atoms with Gasteiger partial charge in [-0.2, -0.15) is 0 Å². The van der Waals surface area contributed by atoms with Gasteiger partial charge in [0.15, 0.2) is 0 Å². The molecule has 0 aromatic heterocycles. The van der Waals surface area contributed by atoms with Crippen LogP contribution in [0.3, 0.4) is 0 Å². The molecule has 1 N–H and O–H groups in total. The van der Waals surface area contributed by atoms with Crippen LogP contribution in [0.15, 0.2) is 0 Å². The fraction of sp³-hybridized carbons (Fsp3) is 1.00. The zero-order valence-corrected chi connectivity index (χ0v) is 11.0. The summed E-state index contributed by atoms with van der Waals surface area (Å²) in [6, 6.07) is 1.66. The summed E-state index contributed by atoms with van der Waals surface area (Å²) in [5.74, 6) is 1.07. The van der Waals surface area contributed by atoms with E-state index in [9.17, 15) is 0 Å². The van der Waals surface area contributed by atoms with Gasteiger partial charge in [-0.05, 0) is 38.0 Å². The highest BCUT2D eigenvalue weighted by molar-refractivity contribution is 4.79. The maximum absolute atomic E-state index is 3.89. The van der Waals surface area contributed by atoms with Crippen molar-refractivity contribution < 1.29 is 0 Å². The van der Waals surface area contributed by atoms with Crippen LogP contribution in [0, 0.1) is 5.92 Å². The Balaban J connectivity index is 1.63. The van der Waals surface area contributed by atoms with Gasteiger partial charge in [0.25, 0.3) is 0 Å². The second-order valence-corrected chi connectivity index (χ2v) is 5.98. The maximum Gasteiger partial charge on any atom is 0.00696 e. The molecule has 1 atom stereocenters. The van der Waals surface area contributed by atoms with Gasteiger partial charge >= 0.3 is 0 Å². The van der Waals surface area contributed by atoms with Crippen LogP contribution in [0.25, 0.3) is 0 Å². The Morgan fingerprint density at radius 2 is 1.62 bits per heavy atom. The number of rotatable bonds is 6. The number of hydrogen-bond donors (Lipinski definition) is 1. The van der Waals surface area contributed by atoms with Gasteiger partial charge in [-0.15, -0.1) is 0 Å². The van der Waals surface area contributed by atoms with Crippen LogP contribution in [-0.4, -0.2) is 12.1 Å². The fourth-order valence-electron chi connectivity index (χ4n) is 3.57. The monoisotopic (exact) mass is 223 g/mol. The summed E-state index contributed by atoms with van der Waals surface area (Å²) in [4.78, 5) is 0. The molecule has 0 radical (unpaired) electrons. The first kappa shape index (κ1) is 12.4. The quantitative estimate of drug-likeness (QED) is 0.709. The molecule has 2 rings (SSSR count). The van der Waals surface area contributed by atoms with Crippen molar-refractivity contribution in [3.8, 4) is 0 Å². The summed E-state index contributed by atoms with van der Waals surface area (Å²) in [6.07, 6.45) is 16.0. The maximum atomic E-state index is 3.89. The lowest BCUT2D eigenvalue weighted by atomic mass is 9.97. The summed E-state index contributed by atoms with van der Waals surface area (Å²) in [6.45, 7) is 2.35. The lowest BCUT2D eigenvalue weighted by molar-refractivity contribution is 0.362. The fourth-order valence-corrected chi connectivity index (χ4v) is 3.57. The number of nitrogens with one attached hydrogen (secondary N) is 1. The molecule has 2 aliphatic rings. The summed E-state index contributed by atoms with van der Waals surface area (Å²) < 4.78 is 0. The smallest absolute Gasteiger partial charge is 0.00696 e. The molecule has 1 unspecified atom stereocenters. The SMILES string of the molecule is CCC(CCC1CCCC1)NC1CCCC1. The minimum absolute atomic E-state index is 0.809. The van der Waals surface area contributed by atoms with Gasteiger partial charge in [0, 0.05) is 12.1 Å². The van der Waals surface area contributed by atoms with Gasteiger partial charge < -0.3 is 5.32 Å². The average Bonchev–Trinajstić information content (AvgIpc) is 2.97. The minimum Gasteiger partial charge on any atom is -0.311 e. The normalized spacial score (nSPS) is 25.3. The van der Waals surface area contributed by atoms with E-state index >= 15 is 0 Å². The summed E-state index contributed by atoms with van der Waals surface area (Å²) in [5.41, 5.74) is 0. The van der Waals surface area contributed by atoms with Crippen LogP contribution >= 0.6 is 0 Å². The van der Waals surface area contributed by atoms with Crippen LogP contribution in [-0.2, 0) is 0 Å². The van der Waals surface area contributed by atoms with Crippen LogP contribution in [0.1, 0.15) is 77.6 Å². The topological polar surface area (TPSA) is 12.0 Å². The van der Waals surface area contributed by atoms with Crippen molar-refractivity contribution in [3.63, 3.8) is 0 Å². The highest BCUT2D eigenvalue weighted by Crippen LogP contribution is 2.29. The third-order valence-corrected chi connectivity index (χ3v) is 4.72. The Kier molecular flexibility index (Phi) is 5.15. The summed E-state index contributed by atoms with van der Waals surface area (Å²) >= 11 is 0. The summed E-state index contributed by atoms with van der Waals surface area (Å²) in [5, 5.41) is 3.89. The number of hydrogen-bond acceptors (Lipinski definition) is 1. The molecule has 16 heavy (non-hydrogen) atoms. The molecule has 0 saturated heterocycles. The van der Waals surface area contributed by atoms with Crippen molar-refractivity contribution in [2.24, 2.45) is 5.92 Å². The van der Waals surface area contributed by atoms with Crippen molar-refractivity contribution in [1.29, 1.82) is 0 Å². The van der Waals surface area contributed by atoms with Gasteiger partial charge in [-0.3, -0.25) is 0 Å². The van der Waals surface area contributed by atoms with Crippen molar-refractivity contribution in [2.75, 3.05) is 0 Å². The average molecular weight is 223 g/mol. The molecule has 0 amide bonds. The first-order chi connectivity index (χ1) is 7.88. The Hall–Kier alpha value is -0.0400. The van der Waals surface area contributed by atoms with Crippen LogP contribution in [0.4, 0.5) is 0 Å². The molecule has 0 aromatic carbocycles. The molecular formula is C15H29N. The van der Waals surface area contributed by atoms with Crippen LogP contribution in [0.2, 0.25) is 0 Å². The molecule has 0 bridgehead atoms. The molecule has 0 aliphatic heterocycles. The highest BCUT2D eigenvalue weighted by Gasteiger charge is 2.20. The van der Waals surface area contributed by atoms with E-state index in [-0.39, 0.29) is 0 Å². The lowest BCUT2D eigenvalue weighted by Gasteiger charge is -2.23. The van der Waals surface area contributed by atoms with Gasteiger partial charge in [0.05, 0.1) is 0 Å². The molecular weight excluding hydrogens is 194 g/mol. The van der Waals surface area contributed by atoms with Crippen molar-refractivity contribution in [2.45, 2.75) is 89.6 Å². The van der Waals surface area contributed by atoms with Crippen molar-refractivity contribution >= 4 is 0 Å². The molecule has 1 nitrogen and oxygen atoms in total. The minimum atomic E-state index is 0.809. The third kappa shape index (κ3) is 3.76. The van der Waals surface area contributed by atoms with E-state index in [2.05, 4.69) is 12.2 Å². The van der Waals surface area contributed by atoms with E-state index in [1.807, 2.05) is 0 Å². The Labute approximate surface area is 101 Å². The zero-order valence-electron chi connectivity index (χ0n) is 11.0. The van der Waals surface area contributed by atoms with E-state index in [1.54, 1.807) is 0 Å². The predicted octanol–water partition coefficient (Wildman–Crippen LogP) is 4.27. The summed E-state index contributed by atoms with van der Waals surface area (Å²) in [7, 11) is 0. The molecule has 2 fully saturated rings. The third-order valence-electron chi connectivity index (χ3n) is 4.72. The molecule has 2 saturated carbocycles. The van der Waals surface area contributed by atoms with Crippen LogP contribution < -0.4 is 5.32 Å². The van der Waals surface area contributed by atoms with Gasteiger partial charge in [0.1, 0.15) is 0 Å². The first-order valence-electron chi connectivity index (χ1n) is 7.64. The Morgan fingerprint density at radius 1 is 1.00 bits per heavy atom. The zero-order chi connectivity index (χ0) is 11.2. The second kappa shape index (κ2) is 6.64. The van der Waals surface area contributed by atoms with Gasteiger partial charge in [-0.1, -0.05) is 45.4 Å². The molecule has 0 spiro atoms. The van der Waals surface area contributed by atoms with E-state index in [4.69, 9.17) is 0 Å².